The van der Waals surface area contributed by atoms with Gasteiger partial charge in [-0.1, -0.05) is 31.1 Å². The van der Waals surface area contributed by atoms with Gasteiger partial charge in [0.25, 0.3) is 0 Å². The van der Waals surface area contributed by atoms with Gasteiger partial charge in [-0.15, -0.1) is 11.3 Å². The SMILES string of the molecule is CC(C)(C)C#Cc1cc(N2C(=O)OCCC2C2CCCCC2)c(C(=O)O)s1. The second-order valence-corrected chi connectivity index (χ2v) is 9.42. The lowest BCUT2D eigenvalue weighted by molar-refractivity contribution is 0.0702. The molecule has 0 spiro atoms. The Hall–Kier alpha value is -2.00. The van der Waals surface area contributed by atoms with Gasteiger partial charge in [0, 0.05) is 17.9 Å². The molecular formula is C21H27NO4S. The van der Waals surface area contributed by atoms with Gasteiger partial charge in [0.1, 0.15) is 4.88 Å². The van der Waals surface area contributed by atoms with Gasteiger partial charge >= 0.3 is 12.1 Å². The van der Waals surface area contributed by atoms with Gasteiger partial charge in [0.15, 0.2) is 0 Å². The number of carbonyl (C=O) groups excluding carboxylic acids is 1. The molecule has 1 aliphatic carbocycles. The molecule has 2 heterocycles. The molecule has 0 aromatic carbocycles. The van der Waals surface area contributed by atoms with E-state index in [0.29, 0.717) is 23.1 Å². The summed E-state index contributed by atoms with van der Waals surface area (Å²) in [6.45, 7) is 6.43. The molecule has 0 radical (unpaired) electrons. The Morgan fingerprint density at radius 1 is 1.26 bits per heavy atom. The molecule has 146 valence electrons. The summed E-state index contributed by atoms with van der Waals surface area (Å²) in [4.78, 5) is 26.9. The molecule has 0 bridgehead atoms. The third-order valence-corrected chi connectivity index (χ3v) is 6.12. The maximum absolute atomic E-state index is 12.6. The van der Waals surface area contributed by atoms with Crippen molar-refractivity contribution < 1.29 is 19.4 Å². The smallest absolute Gasteiger partial charge is 0.414 e. The number of hydrogen-bond acceptors (Lipinski definition) is 4. The Bertz CT molecular complexity index is 774. The lowest BCUT2D eigenvalue weighted by Gasteiger charge is -2.40. The van der Waals surface area contributed by atoms with Crippen LogP contribution < -0.4 is 4.90 Å². The van der Waals surface area contributed by atoms with Crippen molar-refractivity contribution in [3.63, 3.8) is 0 Å². The van der Waals surface area contributed by atoms with Crippen molar-refractivity contribution in [2.75, 3.05) is 11.5 Å². The first kappa shape index (κ1) is 19.8. The van der Waals surface area contributed by atoms with E-state index in [1.807, 2.05) is 20.8 Å². The number of cyclic esters (lactones) is 1. The first-order valence-corrected chi connectivity index (χ1v) is 10.4. The minimum atomic E-state index is -1.03. The fourth-order valence-corrected chi connectivity index (χ4v) is 4.71. The van der Waals surface area contributed by atoms with Crippen molar-refractivity contribution >= 4 is 29.1 Å². The van der Waals surface area contributed by atoms with E-state index in [4.69, 9.17) is 4.74 Å². The summed E-state index contributed by atoms with van der Waals surface area (Å²) in [6.07, 6.45) is 6.04. The summed E-state index contributed by atoms with van der Waals surface area (Å²) in [5.41, 5.74) is 0.258. The lowest BCUT2D eigenvalue weighted by atomic mass is 9.81. The molecular weight excluding hydrogens is 362 g/mol. The number of hydrogen-bond donors (Lipinski definition) is 1. The highest BCUT2D eigenvalue weighted by molar-refractivity contribution is 7.15. The van der Waals surface area contributed by atoms with Crippen LogP contribution in [-0.2, 0) is 4.74 Å². The fraction of sp³-hybridized carbons (Fsp3) is 0.619. The number of carboxylic acid groups (broad SMARTS) is 1. The van der Waals surface area contributed by atoms with E-state index >= 15 is 0 Å². The molecule has 1 unspecified atom stereocenters. The summed E-state index contributed by atoms with van der Waals surface area (Å²) < 4.78 is 5.29. The third kappa shape index (κ3) is 4.65. The molecule has 2 fully saturated rings. The highest BCUT2D eigenvalue weighted by Crippen LogP contribution is 2.39. The number of thiophene rings is 1. The van der Waals surface area contributed by atoms with Gasteiger partial charge in [-0.05, 0) is 45.6 Å². The quantitative estimate of drug-likeness (QED) is 0.727. The van der Waals surface area contributed by atoms with Gasteiger partial charge in [0.05, 0.1) is 17.2 Å². The molecule has 1 atom stereocenters. The van der Waals surface area contributed by atoms with Crippen molar-refractivity contribution in [1.82, 2.24) is 0 Å². The lowest BCUT2D eigenvalue weighted by Crippen LogP contribution is -2.50. The first-order valence-electron chi connectivity index (χ1n) is 9.62. The van der Waals surface area contributed by atoms with Gasteiger partial charge in [-0.3, -0.25) is 4.90 Å². The van der Waals surface area contributed by atoms with Gasteiger partial charge < -0.3 is 9.84 Å². The maximum atomic E-state index is 12.6. The van der Waals surface area contributed by atoms with Gasteiger partial charge in [-0.2, -0.15) is 0 Å². The number of carbonyl (C=O) groups is 2. The second kappa shape index (κ2) is 7.93. The Kier molecular flexibility index (Phi) is 5.81. The summed E-state index contributed by atoms with van der Waals surface area (Å²) in [5, 5.41) is 9.70. The summed E-state index contributed by atoms with van der Waals surface area (Å²) in [7, 11) is 0. The van der Waals surface area contributed by atoms with Crippen LogP contribution in [0.4, 0.5) is 10.5 Å². The number of aromatic carboxylic acids is 1. The first-order chi connectivity index (χ1) is 12.8. The number of rotatable bonds is 3. The van der Waals surface area contributed by atoms with Crippen LogP contribution in [0.3, 0.4) is 0 Å². The topological polar surface area (TPSA) is 66.8 Å². The monoisotopic (exact) mass is 389 g/mol. The maximum Gasteiger partial charge on any atom is 0.414 e. The Labute approximate surface area is 164 Å². The summed E-state index contributed by atoms with van der Waals surface area (Å²) in [5.74, 6) is 5.59. The number of anilines is 1. The zero-order valence-corrected chi connectivity index (χ0v) is 17.0. The Morgan fingerprint density at radius 3 is 2.59 bits per heavy atom. The van der Waals surface area contributed by atoms with Crippen molar-refractivity contribution in [1.29, 1.82) is 0 Å². The van der Waals surface area contributed by atoms with Gasteiger partial charge in [0.2, 0.25) is 0 Å². The van der Waals surface area contributed by atoms with E-state index in [1.165, 1.54) is 19.3 Å². The average molecular weight is 390 g/mol. The Morgan fingerprint density at radius 2 is 1.96 bits per heavy atom. The third-order valence-electron chi connectivity index (χ3n) is 5.09. The van der Waals surface area contributed by atoms with Crippen molar-refractivity contribution in [3.8, 4) is 11.8 Å². The summed E-state index contributed by atoms with van der Waals surface area (Å²) in [6, 6.07) is 1.75. The highest BCUT2D eigenvalue weighted by atomic mass is 32.1. The molecule has 1 saturated carbocycles. The molecule has 6 heteroatoms. The normalized spacial score (nSPS) is 21.4. The second-order valence-electron chi connectivity index (χ2n) is 8.37. The van der Waals surface area contributed by atoms with Crippen LogP contribution in [0.25, 0.3) is 0 Å². The fourth-order valence-electron chi connectivity index (χ4n) is 3.87. The Balaban J connectivity index is 1.99. The van der Waals surface area contributed by atoms with E-state index in [2.05, 4.69) is 11.8 Å². The van der Waals surface area contributed by atoms with E-state index in [1.54, 1.807) is 11.0 Å². The number of ether oxygens (including phenoxy) is 1. The van der Waals surface area contributed by atoms with Crippen molar-refractivity contribution in [2.45, 2.75) is 65.3 Å². The molecule has 2 aliphatic rings. The van der Waals surface area contributed by atoms with Gasteiger partial charge in [-0.25, -0.2) is 9.59 Å². The molecule has 5 nitrogen and oxygen atoms in total. The van der Waals surface area contributed by atoms with Crippen LogP contribution in [0.5, 0.6) is 0 Å². The average Bonchev–Trinajstić information content (AvgIpc) is 3.04. The standard InChI is InChI=1S/C21H27NO4S/c1-21(2,3)11-9-15-13-17(18(27-15)19(23)24)22-16(10-12-26-20(22)25)14-7-5-4-6-8-14/h13-14,16H,4-8,10,12H2,1-3H3,(H,23,24). The van der Waals surface area contributed by atoms with Crippen LogP contribution >= 0.6 is 11.3 Å². The molecule has 1 amide bonds. The molecule has 1 aromatic rings. The highest BCUT2D eigenvalue weighted by Gasteiger charge is 2.39. The predicted molar refractivity (Wildman–Crippen MR) is 106 cm³/mol. The largest absolute Gasteiger partial charge is 0.477 e. The number of nitrogens with zero attached hydrogens (tertiary/aromatic N) is 1. The molecule has 1 saturated heterocycles. The predicted octanol–water partition coefficient (Wildman–Crippen LogP) is 5.14. The number of amides is 1. The molecule has 1 aromatic heterocycles. The van der Waals surface area contributed by atoms with Crippen molar-refractivity contribution in [2.24, 2.45) is 11.3 Å². The van der Waals surface area contributed by atoms with Crippen LogP contribution in [0.15, 0.2) is 6.07 Å². The van der Waals surface area contributed by atoms with Crippen LogP contribution in [0.2, 0.25) is 0 Å². The minimum Gasteiger partial charge on any atom is -0.477 e. The van der Waals surface area contributed by atoms with Crippen LogP contribution in [0.1, 0.15) is 73.8 Å². The van der Waals surface area contributed by atoms with E-state index in [0.717, 1.165) is 30.6 Å². The minimum absolute atomic E-state index is 0.00248. The van der Waals surface area contributed by atoms with E-state index in [9.17, 15) is 14.7 Å². The molecule has 1 aliphatic heterocycles. The van der Waals surface area contributed by atoms with Crippen LogP contribution in [0, 0.1) is 23.2 Å². The number of carboxylic acids is 1. The van der Waals surface area contributed by atoms with Crippen LogP contribution in [-0.4, -0.2) is 29.8 Å². The zero-order valence-electron chi connectivity index (χ0n) is 16.2. The van der Waals surface area contributed by atoms with E-state index < -0.39 is 12.1 Å². The molecule has 1 N–H and O–H groups in total. The van der Waals surface area contributed by atoms with E-state index in [-0.39, 0.29) is 16.3 Å². The molecule has 3 rings (SSSR count). The zero-order chi connectivity index (χ0) is 19.6. The van der Waals surface area contributed by atoms with Crippen molar-refractivity contribution in [3.05, 3.63) is 15.8 Å². The summed E-state index contributed by atoms with van der Waals surface area (Å²) >= 11 is 1.13. The molecule has 27 heavy (non-hydrogen) atoms.